The Hall–Kier alpha value is -2.51. The first-order chi connectivity index (χ1) is 13.6. The summed E-state index contributed by atoms with van der Waals surface area (Å²) >= 11 is 0. The Bertz CT molecular complexity index is 1230. The van der Waals surface area contributed by atoms with Crippen molar-refractivity contribution >= 4 is 20.9 Å². The second-order valence-corrected chi connectivity index (χ2v) is 9.29. The number of hydrogen-bond acceptors (Lipinski definition) is 4. The van der Waals surface area contributed by atoms with Crippen LogP contribution in [0.1, 0.15) is 40.6 Å². The number of aromatic amines is 1. The van der Waals surface area contributed by atoms with Crippen molar-refractivity contribution in [2.75, 3.05) is 6.54 Å². The maximum Gasteiger partial charge on any atom is 0.258 e. The van der Waals surface area contributed by atoms with Crippen molar-refractivity contribution < 1.29 is 8.42 Å². The summed E-state index contributed by atoms with van der Waals surface area (Å²) in [5, 5.41) is 0.485. The molecule has 0 aliphatic heterocycles. The molecule has 29 heavy (non-hydrogen) atoms. The van der Waals surface area contributed by atoms with Gasteiger partial charge in [0.15, 0.2) is 0 Å². The summed E-state index contributed by atoms with van der Waals surface area (Å²) in [6.45, 7) is 11.7. The number of benzene rings is 2. The fourth-order valence-electron chi connectivity index (χ4n) is 3.73. The van der Waals surface area contributed by atoms with Crippen LogP contribution >= 0.6 is 0 Å². The standard InChI is InChI=1S/C22H27N3O3S/c1-7-25(12-20-23-19-11-9-8-10-18(19)22(26)24-20)29(27,28)21-16(5)14(3)13(2)15(4)17(21)6/h8-11H,7,12H2,1-6H3,(H,23,24,26). The number of para-hydroxylation sites is 1. The Kier molecular flexibility index (Phi) is 5.65. The van der Waals surface area contributed by atoms with Crippen LogP contribution < -0.4 is 5.56 Å². The van der Waals surface area contributed by atoms with Crippen LogP contribution in [0.5, 0.6) is 0 Å². The Morgan fingerprint density at radius 3 is 2.07 bits per heavy atom. The summed E-state index contributed by atoms with van der Waals surface area (Å²) < 4.78 is 28.5. The third-order valence-electron chi connectivity index (χ3n) is 5.87. The van der Waals surface area contributed by atoms with Crippen LogP contribution in [-0.2, 0) is 16.6 Å². The summed E-state index contributed by atoms with van der Waals surface area (Å²) in [5.74, 6) is 0.329. The molecule has 0 bridgehead atoms. The lowest BCUT2D eigenvalue weighted by Crippen LogP contribution is -2.33. The molecule has 0 unspecified atom stereocenters. The molecule has 0 spiro atoms. The fourth-order valence-corrected chi connectivity index (χ4v) is 5.70. The maximum atomic E-state index is 13.6. The van der Waals surface area contributed by atoms with E-state index in [0.717, 1.165) is 27.8 Å². The Labute approximate surface area is 171 Å². The van der Waals surface area contributed by atoms with Gasteiger partial charge in [-0.25, -0.2) is 13.4 Å². The molecule has 1 N–H and O–H groups in total. The molecule has 7 heteroatoms. The van der Waals surface area contributed by atoms with E-state index < -0.39 is 10.0 Å². The van der Waals surface area contributed by atoms with Gasteiger partial charge in [-0.15, -0.1) is 0 Å². The Balaban J connectivity index is 2.11. The van der Waals surface area contributed by atoms with E-state index in [1.165, 1.54) is 4.31 Å². The zero-order valence-corrected chi connectivity index (χ0v) is 18.6. The van der Waals surface area contributed by atoms with Gasteiger partial charge < -0.3 is 4.98 Å². The molecule has 0 saturated carbocycles. The number of H-pyrrole nitrogens is 1. The van der Waals surface area contributed by atoms with Gasteiger partial charge in [0.25, 0.3) is 5.56 Å². The molecular formula is C22H27N3O3S. The third-order valence-corrected chi connectivity index (χ3v) is 8.07. The average molecular weight is 414 g/mol. The van der Waals surface area contributed by atoms with Crippen LogP contribution in [0.15, 0.2) is 34.0 Å². The van der Waals surface area contributed by atoms with Crippen LogP contribution in [0.4, 0.5) is 0 Å². The first kappa shape index (κ1) is 21.2. The molecule has 1 heterocycles. The smallest absolute Gasteiger partial charge is 0.258 e. The fraction of sp³-hybridized carbons (Fsp3) is 0.364. The molecule has 0 saturated heterocycles. The third kappa shape index (κ3) is 3.60. The van der Waals surface area contributed by atoms with E-state index in [4.69, 9.17) is 0 Å². The molecular weight excluding hydrogens is 386 g/mol. The Morgan fingerprint density at radius 2 is 1.48 bits per heavy atom. The second-order valence-electron chi connectivity index (χ2n) is 7.42. The minimum Gasteiger partial charge on any atom is -0.309 e. The molecule has 154 valence electrons. The first-order valence-electron chi connectivity index (χ1n) is 9.64. The van der Waals surface area contributed by atoms with Crippen molar-refractivity contribution in [3.8, 4) is 0 Å². The highest BCUT2D eigenvalue weighted by Gasteiger charge is 2.29. The van der Waals surface area contributed by atoms with E-state index in [9.17, 15) is 13.2 Å². The highest BCUT2D eigenvalue weighted by Crippen LogP contribution is 2.31. The number of nitrogens with zero attached hydrogens (tertiary/aromatic N) is 2. The van der Waals surface area contributed by atoms with Gasteiger partial charge in [0.05, 0.1) is 22.3 Å². The van der Waals surface area contributed by atoms with E-state index in [1.54, 1.807) is 31.2 Å². The number of sulfonamides is 1. The van der Waals surface area contributed by atoms with Gasteiger partial charge in [-0.3, -0.25) is 4.79 Å². The summed E-state index contributed by atoms with van der Waals surface area (Å²) in [6, 6.07) is 7.02. The minimum absolute atomic E-state index is 0.00373. The molecule has 0 aliphatic rings. The first-order valence-corrected chi connectivity index (χ1v) is 11.1. The van der Waals surface area contributed by atoms with Crippen molar-refractivity contribution in [1.29, 1.82) is 0 Å². The van der Waals surface area contributed by atoms with Crippen molar-refractivity contribution in [3.63, 3.8) is 0 Å². The maximum absolute atomic E-state index is 13.6. The van der Waals surface area contributed by atoms with Crippen molar-refractivity contribution in [1.82, 2.24) is 14.3 Å². The molecule has 0 atom stereocenters. The van der Waals surface area contributed by atoms with Crippen LogP contribution in [-0.4, -0.2) is 29.2 Å². The highest BCUT2D eigenvalue weighted by molar-refractivity contribution is 7.89. The SMILES string of the molecule is CCN(Cc1nc2ccccc2c(=O)[nH]1)S(=O)(=O)c1c(C)c(C)c(C)c(C)c1C. The van der Waals surface area contributed by atoms with Crippen molar-refractivity contribution in [2.45, 2.75) is 53.0 Å². The van der Waals surface area contributed by atoms with Gasteiger partial charge in [0.1, 0.15) is 5.82 Å². The molecule has 0 fully saturated rings. The molecule has 1 aromatic heterocycles. The Morgan fingerprint density at radius 1 is 0.931 bits per heavy atom. The summed E-state index contributed by atoms with van der Waals surface area (Å²) in [4.78, 5) is 19.9. The van der Waals surface area contributed by atoms with E-state index >= 15 is 0 Å². The second kappa shape index (κ2) is 7.72. The predicted molar refractivity (Wildman–Crippen MR) is 116 cm³/mol. The average Bonchev–Trinajstić information content (AvgIpc) is 2.69. The summed E-state index contributed by atoms with van der Waals surface area (Å²) in [7, 11) is -3.77. The normalized spacial score (nSPS) is 12.1. The molecule has 2 aromatic carbocycles. The molecule has 3 aromatic rings. The molecule has 6 nitrogen and oxygen atoms in total. The van der Waals surface area contributed by atoms with Crippen LogP contribution in [0.25, 0.3) is 10.9 Å². The van der Waals surface area contributed by atoms with Gasteiger partial charge >= 0.3 is 0 Å². The zero-order chi connectivity index (χ0) is 21.5. The van der Waals surface area contributed by atoms with Crippen LogP contribution in [0.2, 0.25) is 0 Å². The molecule has 0 aliphatic carbocycles. The van der Waals surface area contributed by atoms with E-state index in [-0.39, 0.29) is 18.6 Å². The molecule has 0 radical (unpaired) electrons. The number of fused-ring (bicyclic) bond motifs is 1. The number of nitrogens with one attached hydrogen (secondary N) is 1. The lowest BCUT2D eigenvalue weighted by Gasteiger charge is -2.25. The lowest BCUT2D eigenvalue weighted by molar-refractivity contribution is 0.413. The predicted octanol–water partition coefficient (Wildman–Crippen LogP) is 3.68. The van der Waals surface area contributed by atoms with Crippen LogP contribution in [0.3, 0.4) is 0 Å². The van der Waals surface area contributed by atoms with Crippen LogP contribution in [0, 0.1) is 34.6 Å². The molecule has 0 amide bonds. The summed E-state index contributed by atoms with van der Waals surface area (Å²) in [5.41, 5.74) is 4.90. The van der Waals surface area contributed by atoms with Gasteiger partial charge in [-0.05, 0) is 74.6 Å². The van der Waals surface area contributed by atoms with Crippen molar-refractivity contribution in [2.24, 2.45) is 0 Å². The van der Waals surface area contributed by atoms with Gasteiger partial charge in [0.2, 0.25) is 10.0 Å². The molecule has 3 rings (SSSR count). The van der Waals surface area contributed by atoms with E-state index in [0.29, 0.717) is 21.6 Å². The van der Waals surface area contributed by atoms with Gasteiger partial charge in [-0.2, -0.15) is 4.31 Å². The lowest BCUT2D eigenvalue weighted by atomic mass is 9.95. The van der Waals surface area contributed by atoms with Crippen molar-refractivity contribution in [3.05, 3.63) is 68.3 Å². The topological polar surface area (TPSA) is 83.1 Å². The van der Waals surface area contributed by atoms with Gasteiger partial charge in [0, 0.05) is 6.54 Å². The highest BCUT2D eigenvalue weighted by atomic mass is 32.2. The van der Waals surface area contributed by atoms with Gasteiger partial charge in [-0.1, -0.05) is 19.1 Å². The quantitative estimate of drug-likeness (QED) is 0.692. The largest absolute Gasteiger partial charge is 0.309 e. The van der Waals surface area contributed by atoms with E-state index in [2.05, 4.69) is 9.97 Å². The minimum atomic E-state index is -3.77. The zero-order valence-electron chi connectivity index (χ0n) is 17.8. The number of rotatable bonds is 5. The summed E-state index contributed by atoms with van der Waals surface area (Å²) in [6.07, 6.45) is 0. The monoisotopic (exact) mass is 413 g/mol. The van der Waals surface area contributed by atoms with E-state index in [1.807, 2.05) is 34.6 Å². The number of hydrogen-bond donors (Lipinski definition) is 1. The number of aromatic nitrogens is 2.